The van der Waals surface area contributed by atoms with Crippen molar-refractivity contribution in [3.63, 3.8) is 0 Å². The standard InChI is InChI=1S/C14H13NO2/c15-8-10-1-3-11(4-2-10)13-6-5-12-7-14(13)17-9-16-12/h1-7H,8-9,15H2. The summed E-state index contributed by atoms with van der Waals surface area (Å²) in [4.78, 5) is 0. The minimum absolute atomic E-state index is 0.288. The van der Waals surface area contributed by atoms with E-state index in [0.29, 0.717) is 6.54 Å². The first-order chi connectivity index (χ1) is 8.36. The van der Waals surface area contributed by atoms with Crippen LogP contribution >= 0.6 is 0 Å². The van der Waals surface area contributed by atoms with Crippen LogP contribution in [0.4, 0.5) is 0 Å². The number of fused-ring (bicyclic) bond motifs is 2. The molecule has 1 aliphatic rings. The van der Waals surface area contributed by atoms with Gasteiger partial charge < -0.3 is 15.2 Å². The number of hydrogen-bond donors (Lipinski definition) is 1. The van der Waals surface area contributed by atoms with Crippen molar-refractivity contribution in [1.29, 1.82) is 0 Å². The molecule has 0 aliphatic carbocycles. The van der Waals surface area contributed by atoms with E-state index in [0.717, 1.165) is 28.2 Å². The molecule has 1 heterocycles. The number of ether oxygens (including phenoxy) is 2. The molecule has 0 saturated heterocycles. The fourth-order valence-electron chi connectivity index (χ4n) is 1.93. The van der Waals surface area contributed by atoms with Crippen LogP contribution in [0.5, 0.6) is 11.5 Å². The highest BCUT2D eigenvalue weighted by Gasteiger charge is 2.12. The molecule has 0 saturated carbocycles. The molecule has 3 rings (SSSR count). The van der Waals surface area contributed by atoms with Crippen LogP contribution in [0.1, 0.15) is 5.56 Å². The molecule has 2 aromatic carbocycles. The summed E-state index contributed by atoms with van der Waals surface area (Å²) in [6.45, 7) is 0.853. The second kappa shape index (κ2) is 4.11. The first-order valence-corrected chi connectivity index (χ1v) is 5.56. The van der Waals surface area contributed by atoms with Gasteiger partial charge in [-0.25, -0.2) is 0 Å². The molecule has 3 nitrogen and oxygen atoms in total. The zero-order chi connectivity index (χ0) is 11.7. The molecular formula is C14H13NO2. The minimum Gasteiger partial charge on any atom is -0.457 e. The summed E-state index contributed by atoms with van der Waals surface area (Å²) in [7, 11) is 0. The lowest BCUT2D eigenvalue weighted by atomic mass is 10.0. The second-order valence-electron chi connectivity index (χ2n) is 3.97. The second-order valence-corrected chi connectivity index (χ2v) is 3.97. The molecule has 86 valence electrons. The summed E-state index contributed by atoms with van der Waals surface area (Å²) in [6.07, 6.45) is 0. The first kappa shape index (κ1) is 10.2. The molecule has 0 fully saturated rings. The van der Waals surface area contributed by atoms with Gasteiger partial charge in [0.25, 0.3) is 0 Å². The lowest BCUT2D eigenvalue weighted by Crippen LogP contribution is -2.10. The smallest absolute Gasteiger partial charge is 0.230 e. The Bertz CT molecular complexity index is 534. The van der Waals surface area contributed by atoms with Crippen LogP contribution in [0.2, 0.25) is 0 Å². The van der Waals surface area contributed by atoms with Gasteiger partial charge in [0.15, 0.2) is 0 Å². The van der Waals surface area contributed by atoms with Crippen molar-refractivity contribution in [1.82, 2.24) is 0 Å². The van der Waals surface area contributed by atoms with E-state index >= 15 is 0 Å². The fraction of sp³-hybridized carbons (Fsp3) is 0.143. The van der Waals surface area contributed by atoms with Crippen molar-refractivity contribution in [2.75, 3.05) is 6.79 Å². The fourth-order valence-corrected chi connectivity index (χ4v) is 1.93. The molecular weight excluding hydrogens is 214 g/mol. The molecule has 3 heteroatoms. The van der Waals surface area contributed by atoms with Gasteiger partial charge in [-0.15, -0.1) is 0 Å². The van der Waals surface area contributed by atoms with Gasteiger partial charge in [-0.2, -0.15) is 0 Å². The Hall–Kier alpha value is -2.00. The molecule has 0 atom stereocenters. The predicted octanol–water partition coefficient (Wildman–Crippen LogP) is 2.54. The maximum absolute atomic E-state index is 5.58. The molecule has 0 spiro atoms. The Kier molecular flexibility index (Phi) is 2.46. The van der Waals surface area contributed by atoms with Gasteiger partial charge in [0.2, 0.25) is 6.79 Å². The maximum atomic E-state index is 5.58. The average molecular weight is 227 g/mol. The third kappa shape index (κ3) is 1.85. The van der Waals surface area contributed by atoms with Crippen LogP contribution in [0.15, 0.2) is 42.5 Å². The zero-order valence-electron chi connectivity index (χ0n) is 9.35. The highest BCUT2D eigenvalue weighted by atomic mass is 16.7. The van der Waals surface area contributed by atoms with Gasteiger partial charge in [0.1, 0.15) is 11.5 Å². The Labute approximate surface area is 99.8 Å². The van der Waals surface area contributed by atoms with E-state index in [2.05, 4.69) is 12.1 Å². The Morgan fingerprint density at radius 1 is 1.00 bits per heavy atom. The highest BCUT2D eigenvalue weighted by Crippen LogP contribution is 2.35. The number of benzene rings is 2. The lowest BCUT2D eigenvalue weighted by Gasteiger charge is -2.18. The lowest BCUT2D eigenvalue weighted by molar-refractivity contribution is 0.106. The van der Waals surface area contributed by atoms with Crippen LogP contribution < -0.4 is 15.2 Å². The normalized spacial score (nSPS) is 12.8. The molecule has 0 aromatic heterocycles. The molecule has 0 amide bonds. The van der Waals surface area contributed by atoms with Crippen LogP contribution in [0.25, 0.3) is 11.1 Å². The third-order valence-electron chi connectivity index (χ3n) is 2.89. The van der Waals surface area contributed by atoms with Gasteiger partial charge >= 0.3 is 0 Å². The Balaban J connectivity index is 2.03. The summed E-state index contributed by atoms with van der Waals surface area (Å²) < 4.78 is 10.7. The highest BCUT2D eigenvalue weighted by molar-refractivity contribution is 5.72. The average Bonchev–Trinajstić information content (AvgIpc) is 2.40. The quantitative estimate of drug-likeness (QED) is 0.857. The SMILES string of the molecule is NCc1ccc(-c2ccc3cc2OCO3)cc1. The summed E-state index contributed by atoms with van der Waals surface area (Å²) in [6, 6.07) is 14.1. The van der Waals surface area contributed by atoms with E-state index in [1.807, 2.05) is 30.3 Å². The van der Waals surface area contributed by atoms with Gasteiger partial charge in [-0.05, 0) is 23.3 Å². The van der Waals surface area contributed by atoms with Crippen molar-refractivity contribution in [3.05, 3.63) is 48.0 Å². The molecule has 2 aromatic rings. The summed E-state index contributed by atoms with van der Waals surface area (Å²) >= 11 is 0. The van der Waals surface area contributed by atoms with Crippen molar-refractivity contribution in [2.24, 2.45) is 5.73 Å². The number of hydrogen-bond acceptors (Lipinski definition) is 3. The van der Waals surface area contributed by atoms with Crippen molar-refractivity contribution >= 4 is 0 Å². The van der Waals surface area contributed by atoms with Crippen LogP contribution in [-0.4, -0.2) is 6.79 Å². The van der Waals surface area contributed by atoms with Gasteiger partial charge in [0, 0.05) is 18.2 Å². The van der Waals surface area contributed by atoms with Crippen LogP contribution in [-0.2, 0) is 6.54 Å². The van der Waals surface area contributed by atoms with Crippen LogP contribution in [0.3, 0.4) is 0 Å². The monoisotopic (exact) mass is 227 g/mol. The van der Waals surface area contributed by atoms with Gasteiger partial charge in [-0.3, -0.25) is 0 Å². The van der Waals surface area contributed by atoms with E-state index in [1.54, 1.807) is 0 Å². The molecule has 2 bridgehead atoms. The molecule has 17 heavy (non-hydrogen) atoms. The van der Waals surface area contributed by atoms with Crippen molar-refractivity contribution in [3.8, 4) is 22.6 Å². The van der Waals surface area contributed by atoms with Crippen LogP contribution in [0, 0.1) is 0 Å². The molecule has 0 unspecified atom stereocenters. The number of rotatable bonds is 2. The summed E-state index contributed by atoms with van der Waals surface area (Å²) in [5, 5.41) is 0. The summed E-state index contributed by atoms with van der Waals surface area (Å²) in [5.74, 6) is 1.72. The van der Waals surface area contributed by atoms with Gasteiger partial charge in [-0.1, -0.05) is 24.3 Å². The first-order valence-electron chi connectivity index (χ1n) is 5.56. The molecule has 1 aliphatic heterocycles. The maximum Gasteiger partial charge on any atom is 0.230 e. The van der Waals surface area contributed by atoms with E-state index in [9.17, 15) is 0 Å². The van der Waals surface area contributed by atoms with E-state index in [4.69, 9.17) is 15.2 Å². The Morgan fingerprint density at radius 3 is 2.59 bits per heavy atom. The molecule has 0 radical (unpaired) electrons. The predicted molar refractivity (Wildman–Crippen MR) is 65.9 cm³/mol. The largest absolute Gasteiger partial charge is 0.457 e. The summed E-state index contributed by atoms with van der Waals surface area (Å²) in [5.41, 5.74) is 8.92. The topological polar surface area (TPSA) is 44.5 Å². The third-order valence-corrected chi connectivity index (χ3v) is 2.89. The van der Waals surface area contributed by atoms with Crippen molar-refractivity contribution in [2.45, 2.75) is 6.54 Å². The molecule has 2 N–H and O–H groups in total. The van der Waals surface area contributed by atoms with E-state index in [-0.39, 0.29) is 6.79 Å². The minimum atomic E-state index is 0.288. The Morgan fingerprint density at radius 2 is 1.82 bits per heavy atom. The van der Waals surface area contributed by atoms with E-state index in [1.165, 1.54) is 0 Å². The zero-order valence-corrected chi connectivity index (χ0v) is 9.35. The van der Waals surface area contributed by atoms with Gasteiger partial charge in [0.05, 0.1) is 0 Å². The van der Waals surface area contributed by atoms with Crippen molar-refractivity contribution < 1.29 is 9.47 Å². The number of nitrogens with two attached hydrogens (primary N) is 1. The van der Waals surface area contributed by atoms with E-state index < -0.39 is 0 Å².